The van der Waals surface area contributed by atoms with Gasteiger partial charge in [-0.1, -0.05) is 72.8 Å². The summed E-state index contributed by atoms with van der Waals surface area (Å²) in [6.45, 7) is 0.493. The molecule has 0 saturated carbocycles. The lowest BCUT2D eigenvalue weighted by Crippen LogP contribution is -2.41. The monoisotopic (exact) mass is 426 g/mol. The second kappa shape index (κ2) is 9.31. The molecule has 4 rings (SSSR count). The fourth-order valence-corrected chi connectivity index (χ4v) is 3.67. The van der Waals surface area contributed by atoms with Crippen LogP contribution in [0.4, 0.5) is 0 Å². The van der Waals surface area contributed by atoms with E-state index in [9.17, 15) is 19.5 Å². The predicted molar refractivity (Wildman–Crippen MR) is 122 cm³/mol. The molecule has 4 aromatic rings. The topological polar surface area (TPSA) is 81.3 Å². The van der Waals surface area contributed by atoms with E-state index in [-0.39, 0.29) is 29.8 Å². The van der Waals surface area contributed by atoms with Crippen molar-refractivity contribution in [1.29, 1.82) is 0 Å². The van der Waals surface area contributed by atoms with Gasteiger partial charge >= 0.3 is 11.7 Å². The Kier molecular flexibility index (Phi) is 6.12. The molecule has 6 nitrogen and oxygen atoms in total. The molecule has 0 spiro atoms. The summed E-state index contributed by atoms with van der Waals surface area (Å²) in [6, 6.07) is 25.4. The Morgan fingerprint density at radius 3 is 1.97 bits per heavy atom. The average Bonchev–Trinajstić information content (AvgIpc) is 2.81. The van der Waals surface area contributed by atoms with Crippen molar-refractivity contribution in [2.45, 2.75) is 19.5 Å². The Morgan fingerprint density at radius 2 is 1.34 bits per heavy atom. The van der Waals surface area contributed by atoms with Crippen LogP contribution in [0.1, 0.15) is 32.6 Å². The van der Waals surface area contributed by atoms with Crippen LogP contribution >= 0.6 is 0 Å². The molecule has 1 N–H and O–H groups in total. The predicted octanol–water partition coefficient (Wildman–Crippen LogP) is 3.40. The number of aromatic nitrogens is 2. The van der Waals surface area contributed by atoms with Crippen molar-refractivity contribution < 1.29 is 9.90 Å². The van der Waals surface area contributed by atoms with E-state index in [4.69, 9.17) is 0 Å². The number of nitrogens with zero attached hydrogens (tertiary/aromatic N) is 2. The molecule has 1 aromatic heterocycles. The van der Waals surface area contributed by atoms with Gasteiger partial charge in [-0.3, -0.25) is 13.9 Å². The molecule has 6 heteroatoms. The molecule has 0 aliphatic rings. The number of benzene rings is 3. The highest BCUT2D eigenvalue weighted by molar-refractivity contribution is 5.87. The Bertz CT molecular complexity index is 1360. The molecule has 0 unspecified atom stereocenters. The van der Waals surface area contributed by atoms with E-state index in [1.165, 1.54) is 15.2 Å². The highest BCUT2D eigenvalue weighted by atomic mass is 16.4. The molecule has 0 aliphatic heterocycles. The maximum absolute atomic E-state index is 13.3. The van der Waals surface area contributed by atoms with Crippen LogP contribution in [0.15, 0.2) is 101 Å². The number of hydrogen-bond donors (Lipinski definition) is 1. The third-order valence-electron chi connectivity index (χ3n) is 5.26. The highest BCUT2D eigenvalue weighted by Gasteiger charge is 2.14. The third-order valence-corrected chi connectivity index (χ3v) is 5.26. The normalized spacial score (nSPS) is 10.8. The molecule has 0 fully saturated rings. The molecule has 0 saturated heterocycles. The number of carboxylic acid groups (broad SMARTS) is 1. The summed E-state index contributed by atoms with van der Waals surface area (Å²) < 4.78 is 2.78. The first-order chi connectivity index (χ1) is 15.5. The van der Waals surface area contributed by atoms with Gasteiger partial charge in [-0.25, -0.2) is 9.59 Å². The number of hydrogen-bond acceptors (Lipinski definition) is 3. The van der Waals surface area contributed by atoms with Crippen LogP contribution in [0, 0.1) is 0 Å². The van der Waals surface area contributed by atoms with Crippen LogP contribution in [-0.4, -0.2) is 20.2 Å². The van der Waals surface area contributed by atoms with Crippen LogP contribution in [-0.2, 0) is 19.5 Å². The van der Waals surface area contributed by atoms with Gasteiger partial charge in [0.2, 0.25) is 0 Å². The van der Waals surface area contributed by atoms with Crippen molar-refractivity contribution in [3.8, 4) is 0 Å². The minimum atomic E-state index is -1.03. The van der Waals surface area contributed by atoms with E-state index in [0.29, 0.717) is 17.7 Å². The summed E-state index contributed by atoms with van der Waals surface area (Å²) in [7, 11) is 0. The highest BCUT2D eigenvalue weighted by Crippen LogP contribution is 2.10. The van der Waals surface area contributed by atoms with E-state index >= 15 is 0 Å². The zero-order chi connectivity index (χ0) is 22.5. The summed E-state index contributed by atoms with van der Waals surface area (Å²) in [5.74, 6) is -1.03. The van der Waals surface area contributed by atoms with Crippen LogP contribution in [0.5, 0.6) is 0 Å². The molecule has 1 heterocycles. The van der Waals surface area contributed by atoms with Crippen molar-refractivity contribution in [3.05, 3.63) is 140 Å². The fraction of sp³-hybridized carbons (Fsp3) is 0.115. The van der Waals surface area contributed by atoms with E-state index in [1.54, 1.807) is 24.4 Å². The maximum Gasteiger partial charge on any atom is 0.335 e. The molecule has 3 aromatic carbocycles. The van der Waals surface area contributed by atoms with Gasteiger partial charge in [0, 0.05) is 18.2 Å². The van der Waals surface area contributed by atoms with Crippen LogP contribution < -0.4 is 11.2 Å². The first kappa shape index (κ1) is 21.1. The van der Waals surface area contributed by atoms with Crippen LogP contribution in [0.3, 0.4) is 0 Å². The van der Waals surface area contributed by atoms with Gasteiger partial charge < -0.3 is 5.11 Å². The smallest absolute Gasteiger partial charge is 0.335 e. The van der Waals surface area contributed by atoms with Crippen molar-refractivity contribution in [2.75, 3.05) is 0 Å². The Balaban J connectivity index is 1.79. The van der Waals surface area contributed by atoms with Crippen molar-refractivity contribution in [2.24, 2.45) is 0 Å². The van der Waals surface area contributed by atoms with Gasteiger partial charge in [0.15, 0.2) is 0 Å². The molecule has 0 radical (unpaired) electrons. The summed E-state index contributed by atoms with van der Waals surface area (Å²) in [5, 5.41) is 9.27. The molecular weight excluding hydrogens is 404 g/mol. The lowest BCUT2D eigenvalue weighted by atomic mass is 10.0. The van der Waals surface area contributed by atoms with E-state index in [1.807, 2.05) is 60.7 Å². The molecular formula is C26H22N2O4. The van der Waals surface area contributed by atoms with Gasteiger partial charge in [0.1, 0.15) is 0 Å². The van der Waals surface area contributed by atoms with Gasteiger partial charge in [-0.05, 0) is 28.8 Å². The van der Waals surface area contributed by atoms with Crippen LogP contribution in [0.25, 0.3) is 0 Å². The maximum atomic E-state index is 13.3. The lowest BCUT2D eigenvalue weighted by molar-refractivity contribution is 0.0696. The van der Waals surface area contributed by atoms with Crippen molar-refractivity contribution >= 4 is 5.97 Å². The molecule has 0 atom stereocenters. The van der Waals surface area contributed by atoms with Crippen molar-refractivity contribution in [1.82, 2.24) is 9.13 Å². The number of rotatable bonds is 7. The average molecular weight is 426 g/mol. The summed E-state index contributed by atoms with van der Waals surface area (Å²) in [4.78, 5) is 37.8. The minimum Gasteiger partial charge on any atom is -0.478 e. The molecule has 0 amide bonds. The largest absolute Gasteiger partial charge is 0.478 e. The van der Waals surface area contributed by atoms with Crippen molar-refractivity contribution in [3.63, 3.8) is 0 Å². The second-order valence-corrected chi connectivity index (χ2v) is 7.61. The van der Waals surface area contributed by atoms with Gasteiger partial charge in [-0.2, -0.15) is 0 Å². The minimum absolute atomic E-state index is 0.157. The molecule has 160 valence electrons. The molecule has 32 heavy (non-hydrogen) atoms. The first-order valence-corrected chi connectivity index (χ1v) is 10.2. The van der Waals surface area contributed by atoms with Gasteiger partial charge in [-0.15, -0.1) is 0 Å². The Morgan fingerprint density at radius 1 is 0.750 bits per heavy atom. The summed E-state index contributed by atoms with van der Waals surface area (Å²) in [5.41, 5.74) is 2.32. The number of carboxylic acids is 1. The second-order valence-electron chi connectivity index (χ2n) is 7.61. The first-order valence-electron chi connectivity index (χ1n) is 10.2. The van der Waals surface area contributed by atoms with Gasteiger partial charge in [0.05, 0.1) is 18.7 Å². The van der Waals surface area contributed by atoms with Gasteiger partial charge in [0.25, 0.3) is 5.56 Å². The molecule has 0 bridgehead atoms. The SMILES string of the molecule is O=C(O)c1cccc(Cc2cn(Cc3ccccc3)c(=O)n(Cc3ccccc3)c2=O)c1. The third kappa shape index (κ3) is 4.75. The lowest BCUT2D eigenvalue weighted by Gasteiger charge is -2.14. The van der Waals surface area contributed by atoms with Crippen LogP contribution in [0.2, 0.25) is 0 Å². The van der Waals surface area contributed by atoms with E-state index in [2.05, 4.69) is 0 Å². The number of carbonyl (C=O) groups is 1. The quantitative estimate of drug-likeness (QED) is 0.491. The zero-order valence-electron chi connectivity index (χ0n) is 17.3. The Labute approximate surface area is 184 Å². The van der Waals surface area contributed by atoms with E-state index in [0.717, 1.165) is 11.1 Å². The number of aromatic carboxylic acids is 1. The molecule has 0 aliphatic carbocycles. The standard InChI is InChI=1S/C26H22N2O4/c29-24-23(15-21-12-7-13-22(14-21)25(30)31)18-27(16-19-8-3-1-4-9-19)26(32)28(24)17-20-10-5-2-6-11-20/h1-14,18H,15-17H2,(H,30,31). The summed E-state index contributed by atoms with van der Waals surface area (Å²) in [6.07, 6.45) is 1.82. The fourth-order valence-electron chi connectivity index (χ4n) is 3.67. The summed E-state index contributed by atoms with van der Waals surface area (Å²) >= 11 is 0. The van der Waals surface area contributed by atoms with E-state index < -0.39 is 5.97 Å². The zero-order valence-corrected chi connectivity index (χ0v) is 17.3. The Hall–Kier alpha value is -4.19.